The Hall–Kier alpha value is -0.570. The van der Waals surface area contributed by atoms with E-state index in [2.05, 4.69) is 13.8 Å². The Labute approximate surface area is 164 Å². The van der Waals surface area contributed by atoms with Crippen molar-refractivity contribution in [2.24, 2.45) is 39.9 Å². The number of rotatable bonds is 2. The van der Waals surface area contributed by atoms with Gasteiger partial charge in [0.2, 0.25) is 5.79 Å². The van der Waals surface area contributed by atoms with Crippen molar-refractivity contribution >= 4 is 5.78 Å². The summed E-state index contributed by atoms with van der Waals surface area (Å²) in [5.74, 6) is -3.14. The molecule has 4 aliphatic heterocycles. The van der Waals surface area contributed by atoms with Crippen molar-refractivity contribution in [1.82, 2.24) is 0 Å². The third-order valence-corrected chi connectivity index (χ3v) is 9.68. The zero-order valence-electron chi connectivity index (χ0n) is 16.6. The van der Waals surface area contributed by atoms with Crippen LogP contribution in [-0.2, 0) is 19.0 Å². The van der Waals surface area contributed by atoms with Gasteiger partial charge >= 0.3 is 0 Å². The maximum absolute atomic E-state index is 13.9. The molecule has 2 spiro atoms. The minimum absolute atomic E-state index is 0.0449. The Kier molecular flexibility index (Phi) is 3.26. The molecule has 7 heteroatoms. The minimum atomic E-state index is -1.97. The highest BCUT2D eigenvalue weighted by atomic mass is 16.8. The lowest BCUT2D eigenvalue weighted by molar-refractivity contribution is -0.557. The molecule has 8 aliphatic rings. The Morgan fingerprint density at radius 1 is 1.21 bits per heavy atom. The predicted octanol–water partition coefficient (Wildman–Crippen LogP) is 0.446. The minimum Gasteiger partial charge on any atom is -0.392 e. The lowest BCUT2D eigenvalue weighted by Gasteiger charge is -2.79. The first kappa shape index (κ1) is 18.2. The molecule has 7 nitrogen and oxygen atoms in total. The van der Waals surface area contributed by atoms with Gasteiger partial charge in [-0.15, -0.1) is 0 Å². The predicted molar refractivity (Wildman–Crippen MR) is 94.7 cm³/mol. The molecule has 28 heavy (non-hydrogen) atoms. The fraction of sp³-hybridized carbons (Fsp3) is 0.952. The molecule has 7 bridgehead atoms. The van der Waals surface area contributed by atoms with E-state index in [0.717, 1.165) is 19.3 Å². The average molecular weight is 394 g/mol. The number of ketones is 1. The average Bonchev–Trinajstić information content (AvgIpc) is 2.78. The molecule has 8 rings (SSSR count). The Morgan fingerprint density at radius 2 is 1.96 bits per heavy atom. The fourth-order valence-corrected chi connectivity index (χ4v) is 8.96. The molecule has 0 radical (unpaired) electrons. The molecule has 4 saturated heterocycles. The van der Waals surface area contributed by atoms with Crippen LogP contribution in [0.5, 0.6) is 0 Å². The second kappa shape index (κ2) is 5.01. The third kappa shape index (κ3) is 1.48. The first-order chi connectivity index (χ1) is 13.2. The van der Waals surface area contributed by atoms with Gasteiger partial charge in [-0.1, -0.05) is 13.8 Å². The van der Waals surface area contributed by atoms with Gasteiger partial charge in [0.05, 0.1) is 24.2 Å². The maximum atomic E-state index is 13.9. The number of ether oxygens (including phenoxy) is 3. The molecule has 8 fully saturated rings. The summed E-state index contributed by atoms with van der Waals surface area (Å²) in [4.78, 5) is 13.9. The molecule has 0 aromatic carbocycles. The van der Waals surface area contributed by atoms with Crippen LogP contribution in [0.15, 0.2) is 0 Å². The summed E-state index contributed by atoms with van der Waals surface area (Å²) in [7, 11) is 1.58. The molecule has 0 aromatic heterocycles. The highest BCUT2D eigenvalue weighted by molar-refractivity contribution is 5.93. The van der Waals surface area contributed by atoms with Crippen molar-refractivity contribution in [2.75, 3.05) is 13.7 Å². The van der Waals surface area contributed by atoms with Crippen LogP contribution in [-0.4, -0.2) is 65.2 Å². The maximum Gasteiger partial charge on any atom is 0.210 e. The highest BCUT2D eigenvalue weighted by Crippen LogP contribution is 2.81. The van der Waals surface area contributed by atoms with Gasteiger partial charge in [0.25, 0.3) is 0 Å². The first-order valence-electron chi connectivity index (χ1n) is 10.6. The molecule has 3 N–H and O–H groups in total. The summed E-state index contributed by atoms with van der Waals surface area (Å²) < 4.78 is 17.8. The van der Waals surface area contributed by atoms with Gasteiger partial charge < -0.3 is 29.5 Å². The van der Waals surface area contributed by atoms with Crippen molar-refractivity contribution < 1.29 is 34.3 Å². The van der Waals surface area contributed by atoms with Crippen LogP contribution in [0.4, 0.5) is 0 Å². The normalized spacial score (nSPS) is 62.9. The number of aliphatic hydroxyl groups excluding tert-OH is 2. The summed E-state index contributed by atoms with van der Waals surface area (Å²) in [6, 6.07) is 0. The Bertz CT molecular complexity index is 753. The second-order valence-corrected chi connectivity index (χ2v) is 10.8. The van der Waals surface area contributed by atoms with E-state index < -0.39 is 47.1 Å². The number of carbonyl (C=O) groups is 1. The summed E-state index contributed by atoms with van der Waals surface area (Å²) >= 11 is 0. The molecule has 4 saturated carbocycles. The molecule has 4 aliphatic carbocycles. The quantitative estimate of drug-likeness (QED) is 0.624. The Balaban J connectivity index is 1.63. The van der Waals surface area contributed by atoms with Gasteiger partial charge in [-0.3, -0.25) is 4.79 Å². The molecular formula is C21H30O7. The smallest absolute Gasteiger partial charge is 0.210 e. The molecule has 4 heterocycles. The number of hydrogen-bond donors (Lipinski definition) is 3. The summed E-state index contributed by atoms with van der Waals surface area (Å²) in [5.41, 5.74) is -2.50. The lowest BCUT2D eigenvalue weighted by atomic mass is 9.34. The number of methoxy groups -OCH3 is 1. The van der Waals surface area contributed by atoms with E-state index in [-0.39, 0.29) is 35.6 Å². The van der Waals surface area contributed by atoms with Crippen LogP contribution in [0.25, 0.3) is 0 Å². The number of Topliss-reactive ketones (excluding diaryl/α,β-unsaturated/α-hetero) is 1. The Morgan fingerprint density at radius 3 is 2.68 bits per heavy atom. The van der Waals surface area contributed by atoms with E-state index in [1.54, 1.807) is 7.11 Å². The SMILES string of the molecule is COC[C@H]1C(=O)[C@@]23[C@H]4O[C@H]5O[C@]2(O)[C@@H](O)[C@@H]2C(C)(C)CC[C@H](O)[C@]52[C@@H]3CC[C@@H]14. The number of carbonyl (C=O) groups excluding carboxylic acids is 1. The van der Waals surface area contributed by atoms with Gasteiger partial charge in [-0.05, 0) is 42.9 Å². The molecular weight excluding hydrogens is 364 g/mol. The standard InChI is InChI=1S/C21H30O7/c1-18(2)7-6-12(22)19-11-5-4-9-10(8-26-3)14(23)20(11)16(9)27-17(19)28-21(20,25)15(24)13(18)19/h9-13,15-17,22,24-25H,4-8H2,1-3H3/t9-,10+,11-,12-,13+,15-,16-,17-,19-,20-,21+/m0/s1. The zero-order chi connectivity index (χ0) is 19.9. The van der Waals surface area contributed by atoms with Gasteiger partial charge in [0, 0.05) is 18.9 Å². The van der Waals surface area contributed by atoms with Crippen molar-refractivity contribution in [2.45, 2.75) is 69.9 Å². The monoisotopic (exact) mass is 394 g/mol. The van der Waals surface area contributed by atoms with Crippen molar-refractivity contribution in [3.8, 4) is 0 Å². The summed E-state index contributed by atoms with van der Waals surface area (Å²) in [5, 5.41) is 34.7. The van der Waals surface area contributed by atoms with Crippen LogP contribution in [0.1, 0.15) is 39.5 Å². The van der Waals surface area contributed by atoms with Gasteiger partial charge in [-0.25, -0.2) is 0 Å². The molecule has 0 amide bonds. The van der Waals surface area contributed by atoms with Crippen molar-refractivity contribution in [3.05, 3.63) is 0 Å². The van der Waals surface area contributed by atoms with Crippen LogP contribution in [0.3, 0.4) is 0 Å². The van der Waals surface area contributed by atoms with E-state index in [1.807, 2.05) is 0 Å². The number of hydrogen-bond acceptors (Lipinski definition) is 7. The van der Waals surface area contributed by atoms with Crippen LogP contribution in [0.2, 0.25) is 0 Å². The third-order valence-electron chi connectivity index (χ3n) is 9.68. The van der Waals surface area contributed by atoms with Crippen molar-refractivity contribution in [1.29, 1.82) is 0 Å². The van der Waals surface area contributed by atoms with Crippen LogP contribution < -0.4 is 0 Å². The summed E-state index contributed by atoms with van der Waals surface area (Å²) in [6.07, 6.45) is -0.396. The largest absolute Gasteiger partial charge is 0.392 e. The van der Waals surface area contributed by atoms with E-state index >= 15 is 0 Å². The fourth-order valence-electron chi connectivity index (χ4n) is 8.96. The molecule has 0 aromatic rings. The van der Waals surface area contributed by atoms with Crippen molar-refractivity contribution in [3.63, 3.8) is 0 Å². The van der Waals surface area contributed by atoms with Crippen LogP contribution in [0, 0.1) is 39.9 Å². The van der Waals surface area contributed by atoms with Gasteiger partial charge in [-0.2, -0.15) is 0 Å². The molecule has 156 valence electrons. The first-order valence-corrected chi connectivity index (χ1v) is 10.6. The van der Waals surface area contributed by atoms with E-state index in [9.17, 15) is 20.1 Å². The van der Waals surface area contributed by atoms with E-state index in [4.69, 9.17) is 14.2 Å². The molecule has 11 atom stereocenters. The summed E-state index contributed by atoms with van der Waals surface area (Å²) in [6.45, 7) is 4.44. The topological polar surface area (TPSA) is 105 Å². The van der Waals surface area contributed by atoms with Crippen LogP contribution >= 0.6 is 0 Å². The zero-order valence-corrected chi connectivity index (χ0v) is 16.6. The van der Waals surface area contributed by atoms with E-state index in [1.165, 1.54) is 0 Å². The van der Waals surface area contributed by atoms with Gasteiger partial charge in [0.15, 0.2) is 12.1 Å². The second-order valence-electron chi connectivity index (χ2n) is 10.8. The lowest BCUT2D eigenvalue weighted by Crippen LogP contribution is -2.91. The highest BCUT2D eigenvalue weighted by Gasteiger charge is 2.92. The molecule has 0 unspecified atom stereocenters. The number of aliphatic hydroxyl groups is 3. The van der Waals surface area contributed by atoms with Gasteiger partial charge in [0.1, 0.15) is 11.5 Å². The van der Waals surface area contributed by atoms with E-state index in [0.29, 0.717) is 6.42 Å².